The van der Waals surface area contributed by atoms with Crippen LogP contribution in [0.1, 0.15) is 0 Å². The lowest BCUT2D eigenvalue weighted by atomic mass is 10.2. The summed E-state index contributed by atoms with van der Waals surface area (Å²) < 4.78 is 0. The van der Waals surface area contributed by atoms with Crippen molar-refractivity contribution in [2.24, 2.45) is 10.7 Å². The molecule has 0 unspecified atom stereocenters. The fourth-order valence-electron chi connectivity index (χ4n) is 0.455. The zero-order valence-electron chi connectivity index (χ0n) is 5.87. The molecule has 0 rings (SSSR count). The normalized spacial score (nSPS) is 11.9. The Balaban J connectivity index is 4.41. The summed E-state index contributed by atoms with van der Waals surface area (Å²) in [7, 11) is 1.57. The Morgan fingerprint density at radius 1 is 1.70 bits per heavy atom. The van der Waals surface area contributed by atoms with E-state index in [1.54, 1.807) is 7.05 Å². The first-order valence-corrected chi connectivity index (χ1v) is 2.77. The second-order valence-electron chi connectivity index (χ2n) is 1.61. The number of allylic oxidation sites excluding steroid dienone is 2. The Hall–Kier alpha value is -1.38. The molecule has 0 spiro atoms. The van der Waals surface area contributed by atoms with Gasteiger partial charge in [-0.1, -0.05) is 12.7 Å². The minimum atomic E-state index is -0.495. The Morgan fingerprint density at radius 3 is 2.60 bits per heavy atom. The number of rotatable bonds is 3. The van der Waals surface area contributed by atoms with Gasteiger partial charge in [-0.3, -0.25) is 9.79 Å². The Bertz CT molecular complexity index is 192. The van der Waals surface area contributed by atoms with Crippen molar-refractivity contribution < 1.29 is 4.79 Å². The fraction of sp³-hybridized carbons (Fsp3) is 0.143. The molecular formula is C7H10N2O. The van der Waals surface area contributed by atoms with Crippen LogP contribution in [0.15, 0.2) is 29.3 Å². The van der Waals surface area contributed by atoms with Crippen molar-refractivity contribution in [2.75, 3.05) is 7.05 Å². The highest BCUT2D eigenvalue weighted by Gasteiger charge is 1.96. The van der Waals surface area contributed by atoms with Crippen LogP contribution in [0.3, 0.4) is 0 Å². The topological polar surface area (TPSA) is 55.4 Å². The summed E-state index contributed by atoms with van der Waals surface area (Å²) in [6, 6.07) is 0. The Labute approximate surface area is 59.9 Å². The van der Waals surface area contributed by atoms with Gasteiger partial charge >= 0.3 is 0 Å². The molecule has 0 saturated heterocycles. The van der Waals surface area contributed by atoms with Crippen LogP contribution in [0.2, 0.25) is 0 Å². The van der Waals surface area contributed by atoms with Gasteiger partial charge in [-0.2, -0.15) is 0 Å². The van der Waals surface area contributed by atoms with Gasteiger partial charge in [0.25, 0.3) is 0 Å². The Morgan fingerprint density at radius 2 is 2.30 bits per heavy atom. The van der Waals surface area contributed by atoms with Crippen molar-refractivity contribution in [3.8, 4) is 0 Å². The highest BCUT2D eigenvalue weighted by atomic mass is 16.1. The number of carbonyl (C=O) groups excluding carboxylic acids is 1. The minimum absolute atomic E-state index is 0.359. The number of amides is 1. The van der Waals surface area contributed by atoms with Gasteiger partial charge in [0.1, 0.15) is 0 Å². The van der Waals surface area contributed by atoms with Gasteiger partial charge in [0.05, 0.1) is 5.57 Å². The van der Waals surface area contributed by atoms with Crippen LogP contribution in [0.4, 0.5) is 0 Å². The first kappa shape index (κ1) is 8.62. The number of hydrogen-bond donors (Lipinski definition) is 1. The van der Waals surface area contributed by atoms with E-state index in [1.807, 2.05) is 0 Å². The molecule has 10 heavy (non-hydrogen) atoms. The van der Waals surface area contributed by atoms with E-state index in [1.165, 1.54) is 18.4 Å². The van der Waals surface area contributed by atoms with Crippen molar-refractivity contribution in [1.29, 1.82) is 0 Å². The number of aliphatic imine (C=N–C) groups is 1. The summed E-state index contributed by atoms with van der Waals surface area (Å²) in [5.74, 6) is -0.495. The Kier molecular flexibility index (Phi) is 3.87. The molecule has 3 nitrogen and oxygen atoms in total. The van der Waals surface area contributed by atoms with Crippen molar-refractivity contribution >= 4 is 12.1 Å². The smallest absolute Gasteiger partial charge is 0.250 e. The highest BCUT2D eigenvalue weighted by Crippen LogP contribution is 1.87. The molecule has 3 heteroatoms. The maximum Gasteiger partial charge on any atom is 0.250 e. The molecule has 0 radical (unpaired) electrons. The number of nitrogens with two attached hydrogens (primary N) is 1. The van der Waals surface area contributed by atoms with E-state index in [9.17, 15) is 4.79 Å². The maximum absolute atomic E-state index is 10.5. The number of carbonyl (C=O) groups is 1. The standard InChI is InChI=1S/C7H10N2O/c1-3-4-6(5-9-2)7(8)10/h3-5H,1H2,2H3,(H2,8,10)/b6-4+,9-5?. The van der Waals surface area contributed by atoms with Crippen LogP contribution in [0.25, 0.3) is 0 Å². The van der Waals surface area contributed by atoms with E-state index >= 15 is 0 Å². The molecule has 0 aliphatic heterocycles. The number of hydrogen-bond acceptors (Lipinski definition) is 2. The van der Waals surface area contributed by atoms with E-state index in [0.717, 1.165) is 0 Å². The molecule has 0 heterocycles. The summed E-state index contributed by atoms with van der Waals surface area (Å²) in [5, 5.41) is 0. The molecule has 54 valence electrons. The molecule has 0 aromatic carbocycles. The summed E-state index contributed by atoms with van der Waals surface area (Å²) in [6.45, 7) is 3.42. The second-order valence-corrected chi connectivity index (χ2v) is 1.61. The molecule has 0 aromatic heterocycles. The minimum Gasteiger partial charge on any atom is -0.366 e. The summed E-state index contributed by atoms with van der Waals surface area (Å²) in [5.41, 5.74) is 5.32. The lowest BCUT2D eigenvalue weighted by Crippen LogP contribution is -2.14. The molecule has 0 aliphatic rings. The van der Waals surface area contributed by atoms with Crippen molar-refractivity contribution in [1.82, 2.24) is 0 Å². The quantitative estimate of drug-likeness (QED) is 0.340. The fourth-order valence-corrected chi connectivity index (χ4v) is 0.455. The zero-order chi connectivity index (χ0) is 7.98. The van der Waals surface area contributed by atoms with Crippen molar-refractivity contribution in [3.63, 3.8) is 0 Å². The average molecular weight is 138 g/mol. The highest BCUT2D eigenvalue weighted by molar-refractivity contribution is 6.11. The second kappa shape index (κ2) is 4.49. The summed E-state index contributed by atoms with van der Waals surface area (Å²) in [4.78, 5) is 14.1. The van der Waals surface area contributed by atoms with Gasteiger partial charge in [0, 0.05) is 13.3 Å². The first-order chi connectivity index (χ1) is 4.72. The van der Waals surface area contributed by atoms with Crippen LogP contribution in [0, 0.1) is 0 Å². The molecule has 0 aliphatic carbocycles. The predicted molar refractivity (Wildman–Crippen MR) is 41.9 cm³/mol. The summed E-state index contributed by atoms with van der Waals surface area (Å²) in [6.07, 6.45) is 4.39. The predicted octanol–water partition coefficient (Wildman–Crippen LogP) is 0.285. The molecule has 0 atom stereocenters. The van der Waals surface area contributed by atoms with Crippen molar-refractivity contribution in [2.45, 2.75) is 0 Å². The lowest BCUT2D eigenvalue weighted by molar-refractivity contribution is -0.114. The van der Waals surface area contributed by atoms with Gasteiger partial charge in [0.2, 0.25) is 5.91 Å². The van der Waals surface area contributed by atoms with Crippen LogP contribution in [-0.4, -0.2) is 19.2 Å². The van der Waals surface area contributed by atoms with Crippen molar-refractivity contribution in [3.05, 3.63) is 24.3 Å². The van der Waals surface area contributed by atoms with Gasteiger partial charge in [0.15, 0.2) is 0 Å². The SMILES string of the molecule is C=C/C=C(\C=NC)C(N)=O. The van der Waals surface area contributed by atoms with E-state index in [0.29, 0.717) is 5.57 Å². The van der Waals surface area contributed by atoms with E-state index in [4.69, 9.17) is 5.73 Å². The van der Waals surface area contributed by atoms with Gasteiger partial charge in [-0.15, -0.1) is 0 Å². The molecule has 0 saturated carbocycles. The molecule has 2 N–H and O–H groups in total. The number of nitrogens with zero attached hydrogens (tertiary/aromatic N) is 1. The molecule has 1 amide bonds. The van der Waals surface area contributed by atoms with Gasteiger partial charge < -0.3 is 5.73 Å². The lowest BCUT2D eigenvalue weighted by Gasteiger charge is -1.89. The molecule has 0 fully saturated rings. The average Bonchev–Trinajstić information content (AvgIpc) is 1.87. The third-order valence-electron chi connectivity index (χ3n) is 0.850. The maximum atomic E-state index is 10.5. The van der Waals surface area contributed by atoms with Crippen LogP contribution >= 0.6 is 0 Å². The largest absolute Gasteiger partial charge is 0.366 e. The van der Waals surface area contributed by atoms with Crippen LogP contribution < -0.4 is 5.73 Å². The summed E-state index contributed by atoms with van der Waals surface area (Å²) >= 11 is 0. The molecular weight excluding hydrogens is 128 g/mol. The van der Waals surface area contributed by atoms with Gasteiger partial charge in [-0.25, -0.2) is 0 Å². The third kappa shape index (κ3) is 2.81. The third-order valence-corrected chi connectivity index (χ3v) is 0.850. The van der Waals surface area contributed by atoms with E-state index in [-0.39, 0.29) is 0 Å². The van der Waals surface area contributed by atoms with E-state index in [2.05, 4.69) is 11.6 Å². The van der Waals surface area contributed by atoms with Gasteiger partial charge in [-0.05, 0) is 6.08 Å². The van der Waals surface area contributed by atoms with E-state index < -0.39 is 5.91 Å². The monoisotopic (exact) mass is 138 g/mol. The molecule has 0 aromatic rings. The first-order valence-electron chi connectivity index (χ1n) is 2.77. The van der Waals surface area contributed by atoms with Crippen LogP contribution in [0.5, 0.6) is 0 Å². The number of primary amides is 1. The van der Waals surface area contributed by atoms with Crippen LogP contribution in [-0.2, 0) is 4.79 Å². The zero-order valence-corrected chi connectivity index (χ0v) is 5.87. The molecule has 0 bridgehead atoms.